The normalized spacial score (nSPS) is 14.9. The number of benzene rings is 5. The summed E-state index contributed by atoms with van der Waals surface area (Å²) in [5.74, 6) is 0. The molecule has 0 heterocycles. The van der Waals surface area contributed by atoms with E-state index in [1.807, 2.05) is 0 Å². The van der Waals surface area contributed by atoms with Crippen LogP contribution in [0, 0.1) is 0 Å². The molecule has 5 aromatic carbocycles. The van der Waals surface area contributed by atoms with Gasteiger partial charge in [0.05, 0.1) is 0 Å². The summed E-state index contributed by atoms with van der Waals surface area (Å²) in [7, 11) is 2.19. The van der Waals surface area contributed by atoms with Crippen LogP contribution in [0.25, 0.3) is 33.4 Å². The largest absolute Gasteiger partial charge is 0.345 e. The molecule has 0 amide bonds. The fourth-order valence-electron chi connectivity index (χ4n) is 6.68. The summed E-state index contributed by atoms with van der Waals surface area (Å²) < 4.78 is 0. The van der Waals surface area contributed by atoms with Gasteiger partial charge >= 0.3 is 0 Å². The van der Waals surface area contributed by atoms with Crippen LogP contribution in [0.15, 0.2) is 121 Å². The highest BCUT2D eigenvalue weighted by Gasteiger charge is 2.44. The van der Waals surface area contributed by atoms with Crippen molar-refractivity contribution in [1.29, 1.82) is 0 Å². The van der Waals surface area contributed by atoms with E-state index in [9.17, 15) is 0 Å². The van der Waals surface area contributed by atoms with Crippen molar-refractivity contribution in [3.63, 3.8) is 0 Å². The maximum atomic E-state index is 2.47. The van der Waals surface area contributed by atoms with Gasteiger partial charge in [-0.3, -0.25) is 0 Å². The predicted molar refractivity (Wildman–Crippen MR) is 157 cm³/mol. The third kappa shape index (κ3) is 3.61. The maximum Gasteiger partial charge on any atom is 0.0411 e. The van der Waals surface area contributed by atoms with Crippen LogP contribution >= 0.6 is 0 Å². The molecule has 0 aromatic heterocycles. The van der Waals surface area contributed by atoms with E-state index in [0.29, 0.717) is 0 Å². The number of fused-ring (bicyclic) bond motifs is 5. The van der Waals surface area contributed by atoms with Crippen LogP contribution in [-0.2, 0) is 5.41 Å². The molecule has 7 rings (SSSR count). The van der Waals surface area contributed by atoms with Gasteiger partial charge in [0, 0.05) is 23.8 Å². The molecule has 0 radical (unpaired) electrons. The molecule has 180 valence electrons. The Morgan fingerprint density at radius 2 is 1.00 bits per heavy atom. The molecular weight excluding hydrogens is 446 g/mol. The van der Waals surface area contributed by atoms with E-state index < -0.39 is 0 Å². The van der Waals surface area contributed by atoms with Crippen molar-refractivity contribution in [3.05, 3.63) is 132 Å². The average molecular weight is 478 g/mol. The van der Waals surface area contributed by atoms with E-state index in [0.717, 1.165) is 0 Å². The summed E-state index contributed by atoms with van der Waals surface area (Å²) in [6.45, 7) is 0. The van der Waals surface area contributed by atoms with Crippen LogP contribution in [0.4, 0.5) is 11.4 Å². The minimum Gasteiger partial charge on any atom is -0.345 e. The molecule has 2 aliphatic carbocycles. The summed E-state index contributed by atoms with van der Waals surface area (Å²) in [5.41, 5.74) is 13.6. The number of anilines is 2. The standard InChI is InChI=1S/C36H31N/c1-37(30-19-17-29(18-20-30)28-15-13-27(14-16-28)26-9-3-2-4-10-26)31-21-22-33-32-11-5-6-12-34(32)36(35(33)25-31)23-7-8-24-36/h2-6,9-22,25H,7-8,23-24H2,1H3. The lowest BCUT2D eigenvalue weighted by Crippen LogP contribution is -2.21. The van der Waals surface area contributed by atoms with Crippen LogP contribution < -0.4 is 4.90 Å². The zero-order valence-corrected chi connectivity index (χ0v) is 21.3. The van der Waals surface area contributed by atoms with E-state index >= 15 is 0 Å². The minimum atomic E-state index is 0.207. The molecule has 0 aliphatic heterocycles. The molecule has 0 unspecified atom stereocenters. The summed E-state index contributed by atoms with van der Waals surface area (Å²) >= 11 is 0. The van der Waals surface area contributed by atoms with Gasteiger partial charge in [0.2, 0.25) is 0 Å². The third-order valence-corrected chi connectivity index (χ3v) is 8.68. The highest BCUT2D eigenvalue weighted by atomic mass is 15.1. The van der Waals surface area contributed by atoms with Gasteiger partial charge in [-0.15, -0.1) is 0 Å². The Hall–Kier alpha value is -4.10. The summed E-state index contributed by atoms with van der Waals surface area (Å²) in [6, 6.07) is 44.6. The number of hydrogen-bond acceptors (Lipinski definition) is 1. The molecule has 1 spiro atoms. The molecule has 37 heavy (non-hydrogen) atoms. The third-order valence-electron chi connectivity index (χ3n) is 8.68. The second-order valence-electron chi connectivity index (χ2n) is 10.6. The van der Waals surface area contributed by atoms with Gasteiger partial charge in [0.25, 0.3) is 0 Å². The van der Waals surface area contributed by atoms with Gasteiger partial charge in [-0.25, -0.2) is 0 Å². The molecule has 5 aromatic rings. The van der Waals surface area contributed by atoms with Crippen LogP contribution in [0.2, 0.25) is 0 Å². The van der Waals surface area contributed by atoms with E-state index in [1.54, 1.807) is 5.56 Å². The smallest absolute Gasteiger partial charge is 0.0411 e. The number of rotatable bonds is 4. The van der Waals surface area contributed by atoms with Crippen LogP contribution in [-0.4, -0.2) is 7.05 Å². The zero-order chi connectivity index (χ0) is 24.8. The Kier molecular flexibility index (Phi) is 5.25. The van der Waals surface area contributed by atoms with E-state index in [-0.39, 0.29) is 5.41 Å². The second kappa shape index (κ2) is 8.78. The lowest BCUT2D eigenvalue weighted by Gasteiger charge is -2.28. The Balaban J connectivity index is 1.17. The minimum absolute atomic E-state index is 0.207. The van der Waals surface area contributed by atoms with Crippen molar-refractivity contribution in [2.45, 2.75) is 31.1 Å². The molecule has 1 saturated carbocycles. The van der Waals surface area contributed by atoms with Crippen molar-refractivity contribution in [1.82, 2.24) is 0 Å². The Bertz CT molecular complexity index is 1560. The molecule has 0 N–H and O–H groups in total. The number of nitrogens with zero attached hydrogens (tertiary/aromatic N) is 1. The van der Waals surface area contributed by atoms with Gasteiger partial charge < -0.3 is 4.90 Å². The molecule has 0 atom stereocenters. The van der Waals surface area contributed by atoms with Gasteiger partial charge in [-0.05, 0) is 81.6 Å². The fraction of sp³-hybridized carbons (Fsp3) is 0.167. The highest BCUT2D eigenvalue weighted by molar-refractivity contribution is 5.84. The van der Waals surface area contributed by atoms with Crippen LogP contribution in [0.5, 0.6) is 0 Å². The van der Waals surface area contributed by atoms with Crippen molar-refractivity contribution < 1.29 is 0 Å². The van der Waals surface area contributed by atoms with Gasteiger partial charge in [-0.2, -0.15) is 0 Å². The first-order valence-corrected chi connectivity index (χ1v) is 13.5. The van der Waals surface area contributed by atoms with E-state index in [2.05, 4.69) is 133 Å². The fourth-order valence-corrected chi connectivity index (χ4v) is 6.68. The first kappa shape index (κ1) is 22.1. The van der Waals surface area contributed by atoms with E-state index in [4.69, 9.17) is 0 Å². The highest BCUT2D eigenvalue weighted by Crippen LogP contribution is 2.57. The van der Waals surface area contributed by atoms with Crippen molar-refractivity contribution in [2.24, 2.45) is 0 Å². The van der Waals surface area contributed by atoms with Crippen molar-refractivity contribution in [2.75, 3.05) is 11.9 Å². The van der Waals surface area contributed by atoms with E-state index in [1.165, 1.54) is 76.0 Å². The van der Waals surface area contributed by atoms with Crippen LogP contribution in [0.3, 0.4) is 0 Å². The lowest BCUT2D eigenvalue weighted by atomic mass is 9.76. The quantitative estimate of drug-likeness (QED) is 0.249. The van der Waals surface area contributed by atoms with Gasteiger partial charge in [0.15, 0.2) is 0 Å². The predicted octanol–water partition coefficient (Wildman–Crippen LogP) is 9.63. The Morgan fingerprint density at radius 1 is 0.486 bits per heavy atom. The molecule has 0 bridgehead atoms. The SMILES string of the molecule is CN(c1ccc(-c2ccc(-c3ccccc3)cc2)cc1)c1ccc2c(c1)C1(CCCC1)c1ccccc1-2. The monoisotopic (exact) mass is 477 g/mol. The first-order chi connectivity index (χ1) is 18.2. The summed E-state index contributed by atoms with van der Waals surface area (Å²) in [4.78, 5) is 2.33. The lowest BCUT2D eigenvalue weighted by molar-refractivity contribution is 0.550. The summed E-state index contributed by atoms with van der Waals surface area (Å²) in [6.07, 6.45) is 5.17. The first-order valence-electron chi connectivity index (χ1n) is 13.5. The van der Waals surface area contributed by atoms with Crippen molar-refractivity contribution in [3.8, 4) is 33.4 Å². The molecule has 2 aliphatic rings. The molecule has 1 nitrogen and oxygen atoms in total. The topological polar surface area (TPSA) is 3.24 Å². The van der Waals surface area contributed by atoms with Crippen molar-refractivity contribution >= 4 is 11.4 Å². The molecular formula is C36H31N. The number of hydrogen-bond donors (Lipinski definition) is 0. The van der Waals surface area contributed by atoms with Gasteiger partial charge in [0.1, 0.15) is 0 Å². The molecule has 0 saturated heterocycles. The average Bonchev–Trinajstić information content (AvgIpc) is 3.58. The molecule has 1 fully saturated rings. The summed E-state index contributed by atoms with van der Waals surface area (Å²) in [5, 5.41) is 0. The maximum absolute atomic E-state index is 2.47. The zero-order valence-electron chi connectivity index (χ0n) is 21.3. The Morgan fingerprint density at radius 3 is 1.68 bits per heavy atom. The molecule has 1 heteroatoms. The Labute approximate surface area is 220 Å². The van der Waals surface area contributed by atoms with Crippen LogP contribution in [0.1, 0.15) is 36.8 Å². The van der Waals surface area contributed by atoms with Gasteiger partial charge in [-0.1, -0.05) is 110 Å². The second-order valence-corrected chi connectivity index (χ2v) is 10.6.